The van der Waals surface area contributed by atoms with Crippen LogP contribution in [0.25, 0.3) is 0 Å². The number of allylic oxidation sites excluding steroid dienone is 10. The predicted molar refractivity (Wildman–Crippen MR) is 224 cm³/mol. The van der Waals surface area contributed by atoms with E-state index in [9.17, 15) is 24.2 Å². The normalized spacial score (nSPS) is 14.5. The summed E-state index contributed by atoms with van der Waals surface area (Å²) in [6.45, 7) is 2.25. The van der Waals surface area contributed by atoms with Crippen LogP contribution in [0.15, 0.2) is 60.8 Å². The summed E-state index contributed by atoms with van der Waals surface area (Å²) in [6.07, 6.45) is 43.2. The van der Waals surface area contributed by atoms with Crippen LogP contribution in [-0.2, 0) is 32.7 Å². The molecular formula is C44H77O10P. The zero-order valence-electron chi connectivity index (χ0n) is 34.4. The quantitative estimate of drug-likeness (QED) is 0.0237. The van der Waals surface area contributed by atoms with Crippen molar-refractivity contribution in [3.05, 3.63) is 60.8 Å². The van der Waals surface area contributed by atoms with Gasteiger partial charge in [-0.05, 0) is 77.0 Å². The van der Waals surface area contributed by atoms with Crippen molar-refractivity contribution < 1.29 is 47.8 Å². The maximum Gasteiger partial charge on any atom is 0.472 e. The van der Waals surface area contributed by atoms with Gasteiger partial charge in [-0.3, -0.25) is 18.6 Å². The van der Waals surface area contributed by atoms with Crippen molar-refractivity contribution in [1.82, 2.24) is 0 Å². The van der Waals surface area contributed by atoms with Gasteiger partial charge >= 0.3 is 19.8 Å². The van der Waals surface area contributed by atoms with Gasteiger partial charge in [-0.1, -0.05) is 139 Å². The maximum absolute atomic E-state index is 12.6. The molecule has 1 unspecified atom stereocenters. The first-order valence-corrected chi connectivity index (χ1v) is 22.7. The van der Waals surface area contributed by atoms with E-state index in [-0.39, 0.29) is 19.4 Å². The summed E-state index contributed by atoms with van der Waals surface area (Å²) in [5.74, 6) is -0.975. The highest BCUT2D eigenvalue weighted by Crippen LogP contribution is 2.43. The topological polar surface area (TPSA) is 149 Å². The van der Waals surface area contributed by atoms with Crippen molar-refractivity contribution in [1.29, 1.82) is 0 Å². The van der Waals surface area contributed by atoms with E-state index in [1.807, 2.05) is 0 Å². The lowest BCUT2D eigenvalue weighted by molar-refractivity contribution is -0.161. The minimum Gasteiger partial charge on any atom is -0.462 e. The fourth-order valence-electron chi connectivity index (χ4n) is 5.33. The predicted octanol–water partition coefficient (Wildman–Crippen LogP) is 11.1. The first-order chi connectivity index (χ1) is 26.7. The molecule has 0 saturated carbocycles. The lowest BCUT2D eigenvalue weighted by Gasteiger charge is -2.20. The Labute approximate surface area is 334 Å². The van der Waals surface area contributed by atoms with Crippen molar-refractivity contribution in [3.63, 3.8) is 0 Å². The second-order valence-electron chi connectivity index (χ2n) is 14.0. The van der Waals surface area contributed by atoms with Crippen LogP contribution >= 0.6 is 7.82 Å². The molecule has 0 saturated heterocycles. The van der Waals surface area contributed by atoms with E-state index in [0.29, 0.717) is 12.8 Å². The van der Waals surface area contributed by atoms with Gasteiger partial charge in [0.15, 0.2) is 6.10 Å². The molecule has 11 heteroatoms. The monoisotopic (exact) mass is 797 g/mol. The number of unbranched alkanes of at least 4 members (excludes halogenated alkanes) is 15. The number of rotatable bonds is 39. The largest absolute Gasteiger partial charge is 0.472 e. The minimum absolute atomic E-state index is 0.143. The molecule has 0 fully saturated rings. The Kier molecular flexibility index (Phi) is 38.2. The highest BCUT2D eigenvalue weighted by molar-refractivity contribution is 7.47. The van der Waals surface area contributed by atoms with E-state index in [1.165, 1.54) is 44.9 Å². The van der Waals surface area contributed by atoms with Crippen LogP contribution in [0.2, 0.25) is 0 Å². The lowest BCUT2D eigenvalue weighted by atomic mass is 10.1. The summed E-state index contributed by atoms with van der Waals surface area (Å²) < 4.78 is 32.6. The molecule has 0 radical (unpaired) electrons. The van der Waals surface area contributed by atoms with Crippen molar-refractivity contribution in [2.75, 3.05) is 26.4 Å². The van der Waals surface area contributed by atoms with Crippen LogP contribution in [0.3, 0.4) is 0 Å². The van der Waals surface area contributed by atoms with E-state index in [2.05, 4.69) is 79.1 Å². The highest BCUT2D eigenvalue weighted by Gasteiger charge is 2.27. The van der Waals surface area contributed by atoms with Crippen LogP contribution in [0.5, 0.6) is 0 Å². The van der Waals surface area contributed by atoms with Gasteiger partial charge in [-0.15, -0.1) is 0 Å². The molecule has 0 aromatic rings. The van der Waals surface area contributed by atoms with Gasteiger partial charge in [0.25, 0.3) is 0 Å². The van der Waals surface area contributed by atoms with E-state index < -0.39 is 51.8 Å². The fourth-order valence-corrected chi connectivity index (χ4v) is 6.12. The molecule has 0 bridgehead atoms. The Bertz CT molecular complexity index is 1100. The summed E-state index contributed by atoms with van der Waals surface area (Å²) in [6, 6.07) is 0. The van der Waals surface area contributed by atoms with Crippen LogP contribution in [0, 0.1) is 0 Å². The number of hydrogen-bond donors (Lipinski definition) is 3. The number of phosphoric ester groups is 1. The molecule has 0 aliphatic rings. The van der Waals surface area contributed by atoms with Gasteiger partial charge in [0, 0.05) is 12.8 Å². The Hall–Kier alpha value is -2.33. The minimum atomic E-state index is -4.63. The average Bonchev–Trinajstić information content (AvgIpc) is 3.17. The molecule has 3 atom stereocenters. The molecule has 0 aliphatic carbocycles. The number of aliphatic hydroxyl groups excluding tert-OH is 2. The zero-order chi connectivity index (χ0) is 40.5. The molecule has 318 valence electrons. The van der Waals surface area contributed by atoms with E-state index in [1.54, 1.807) is 0 Å². The van der Waals surface area contributed by atoms with Gasteiger partial charge in [0.1, 0.15) is 12.7 Å². The van der Waals surface area contributed by atoms with E-state index >= 15 is 0 Å². The third kappa shape index (κ3) is 39.7. The van der Waals surface area contributed by atoms with Crippen LogP contribution in [0.1, 0.15) is 168 Å². The van der Waals surface area contributed by atoms with Gasteiger partial charge in [-0.25, -0.2) is 4.57 Å². The highest BCUT2D eigenvalue weighted by atomic mass is 31.2. The molecule has 0 aromatic heterocycles. The molecule has 0 rings (SSSR count). The van der Waals surface area contributed by atoms with Crippen LogP contribution in [-0.4, -0.2) is 65.7 Å². The fraction of sp³-hybridized carbons (Fsp3) is 0.727. The molecule has 0 amide bonds. The summed E-state index contributed by atoms with van der Waals surface area (Å²) in [4.78, 5) is 34.9. The molecule has 55 heavy (non-hydrogen) atoms. The molecule has 0 heterocycles. The Morgan fingerprint density at radius 1 is 0.545 bits per heavy atom. The number of carbonyl (C=O) groups excluding carboxylic acids is 2. The Morgan fingerprint density at radius 3 is 1.53 bits per heavy atom. The second-order valence-corrected chi connectivity index (χ2v) is 15.5. The molecule has 0 aliphatic heterocycles. The number of ether oxygens (including phenoxy) is 2. The Balaban J connectivity index is 4.40. The number of phosphoric acid groups is 1. The van der Waals surface area contributed by atoms with Gasteiger partial charge in [0.2, 0.25) is 0 Å². The molecular weight excluding hydrogens is 719 g/mol. The summed E-state index contributed by atoms with van der Waals surface area (Å²) in [5.41, 5.74) is 0. The van der Waals surface area contributed by atoms with Crippen molar-refractivity contribution in [3.8, 4) is 0 Å². The third-order valence-corrected chi connectivity index (χ3v) is 9.58. The van der Waals surface area contributed by atoms with Gasteiger partial charge < -0.3 is 24.6 Å². The lowest BCUT2D eigenvalue weighted by Crippen LogP contribution is -2.29. The molecule has 0 aromatic carbocycles. The molecule has 0 spiro atoms. The first kappa shape index (κ1) is 52.7. The summed E-state index contributed by atoms with van der Waals surface area (Å²) >= 11 is 0. The smallest absolute Gasteiger partial charge is 0.462 e. The summed E-state index contributed by atoms with van der Waals surface area (Å²) in [7, 11) is -4.63. The molecule has 10 nitrogen and oxygen atoms in total. The van der Waals surface area contributed by atoms with Gasteiger partial charge in [-0.2, -0.15) is 0 Å². The second kappa shape index (κ2) is 39.9. The number of carbonyl (C=O) groups is 2. The first-order valence-electron chi connectivity index (χ1n) is 21.2. The van der Waals surface area contributed by atoms with Crippen molar-refractivity contribution in [2.45, 2.75) is 180 Å². The number of esters is 2. The van der Waals surface area contributed by atoms with Crippen LogP contribution < -0.4 is 0 Å². The van der Waals surface area contributed by atoms with E-state index in [4.69, 9.17) is 19.1 Å². The SMILES string of the molecule is CCC/C=C/C/C=C/C/C=C/C/C=C/CCCCCC(=O)O[C@H](COC(=O)CCCCCCC/C=C/CCCCCCCC)COP(=O)(O)OC[C@@H](O)CO. The number of aliphatic hydroxyl groups is 2. The zero-order valence-corrected chi connectivity index (χ0v) is 35.3. The van der Waals surface area contributed by atoms with Crippen molar-refractivity contribution >= 4 is 19.8 Å². The molecule has 3 N–H and O–H groups in total. The van der Waals surface area contributed by atoms with Gasteiger partial charge in [0.05, 0.1) is 19.8 Å². The Morgan fingerprint density at radius 2 is 0.982 bits per heavy atom. The third-order valence-electron chi connectivity index (χ3n) is 8.63. The van der Waals surface area contributed by atoms with Crippen molar-refractivity contribution in [2.24, 2.45) is 0 Å². The summed E-state index contributed by atoms with van der Waals surface area (Å²) in [5, 5.41) is 18.3. The number of hydrogen-bond acceptors (Lipinski definition) is 9. The standard InChI is InChI=1S/C44H77O10P/c1-3-5-7-9-11-13-15-17-19-20-22-24-26-28-30-32-34-36-44(48)54-42(40-53-55(49,50)52-38-41(46)37-45)39-51-43(47)35-33-31-29-27-25-23-21-18-16-14-12-10-8-6-4-2/h7,9,13,15,18-21,24,26,41-42,45-46H,3-6,8,10-12,14,16-17,22-23,25,27-40H2,1-2H3,(H,49,50)/b9-7+,15-13+,20-19+,21-18+,26-24+/t41-,42+/m0/s1. The van der Waals surface area contributed by atoms with Crippen LogP contribution in [0.4, 0.5) is 0 Å². The average molecular weight is 797 g/mol. The van der Waals surface area contributed by atoms with E-state index in [0.717, 1.165) is 83.5 Å². The maximum atomic E-state index is 12.6.